The number of ether oxygens (including phenoxy) is 1. The van der Waals surface area contributed by atoms with Crippen LogP contribution in [0.1, 0.15) is 35.7 Å². The van der Waals surface area contributed by atoms with Crippen LogP contribution < -0.4 is 0 Å². The summed E-state index contributed by atoms with van der Waals surface area (Å²) >= 11 is 0. The number of aromatic hydroxyl groups is 1. The van der Waals surface area contributed by atoms with E-state index in [1.807, 2.05) is 31.2 Å². The maximum absolute atomic E-state index is 12.6. The van der Waals surface area contributed by atoms with Gasteiger partial charge in [0.2, 0.25) is 0 Å². The van der Waals surface area contributed by atoms with Crippen molar-refractivity contribution in [3.05, 3.63) is 70.9 Å². The van der Waals surface area contributed by atoms with Gasteiger partial charge in [-0.3, -0.25) is 9.88 Å². The van der Waals surface area contributed by atoms with Gasteiger partial charge in [0.05, 0.1) is 17.7 Å². The molecule has 3 aromatic rings. The molecule has 0 radical (unpaired) electrons. The zero-order valence-corrected chi connectivity index (χ0v) is 18.6. The molecule has 1 fully saturated rings. The first-order valence-corrected chi connectivity index (χ1v) is 11.8. The summed E-state index contributed by atoms with van der Waals surface area (Å²) in [6, 6.07) is 16.2. The van der Waals surface area contributed by atoms with E-state index in [-0.39, 0.29) is 11.8 Å². The van der Waals surface area contributed by atoms with Crippen molar-refractivity contribution in [1.82, 2.24) is 9.88 Å². The van der Waals surface area contributed by atoms with Crippen LogP contribution in [-0.4, -0.2) is 58.0 Å². The lowest BCUT2D eigenvalue weighted by Gasteiger charge is -2.63. The van der Waals surface area contributed by atoms with Crippen molar-refractivity contribution in [2.75, 3.05) is 26.3 Å². The van der Waals surface area contributed by atoms with Gasteiger partial charge >= 0.3 is 0 Å². The second-order valence-electron chi connectivity index (χ2n) is 9.69. The highest BCUT2D eigenvalue weighted by molar-refractivity contribution is 5.79. The van der Waals surface area contributed by atoms with E-state index in [4.69, 9.17) is 9.72 Å². The molecule has 0 saturated carbocycles. The first kappa shape index (κ1) is 20.2. The number of nitrogens with zero attached hydrogens (tertiary/aromatic N) is 2. The molecule has 3 atom stereocenters. The number of pyridine rings is 1. The highest BCUT2D eigenvalue weighted by atomic mass is 16.5. The molecule has 2 aromatic carbocycles. The average Bonchev–Trinajstić information content (AvgIpc) is 2.78. The minimum Gasteiger partial charge on any atom is -0.508 e. The number of aromatic nitrogens is 1. The Morgan fingerprint density at radius 2 is 2.00 bits per heavy atom. The third-order valence-electron chi connectivity index (χ3n) is 8.22. The number of phenolic OH excluding ortho intramolecular Hbond substituents is 1. The van der Waals surface area contributed by atoms with Crippen molar-refractivity contribution in [1.29, 1.82) is 0 Å². The van der Waals surface area contributed by atoms with Gasteiger partial charge in [0.15, 0.2) is 0 Å². The summed E-state index contributed by atoms with van der Waals surface area (Å²) in [5.74, 6) is 0.273. The number of para-hydroxylation sites is 1. The Kier molecular flexibility index (Phi) is 4.58. The first-order chi connectivity index (χ1) is 15.5. The third kappa shape index (κ3) is 2.78. The van der Waals surface area contributed by atoms with Crippen molar-refractivity contribution >= 4 is 10.9 Å². The van der Waals surface area contributed by atoms with E-state index in [0.29, 0.717) is 26.1 Å². The summed E-state index contributed by atoms with van der Waals surface area (Å²) in [6.07, 6.45) is 2.92. The molecule has 32 heavy (non-hydrogen) atoms. The van der Waals surface area contributed by atoms with Crippen LogP contribution in [0, 0.1) is 0 Å². The van der Waals surface area contributed by atoms with E-state index >= 15 is 0 Å². The van der Waals surface area contributed by atoms with Gasteiger partial charge in [-0.15, -0.1) is 0 Å². The van der Waals surface area contributed by atoms with Gasteiger partial charge in [0, 0.05) is 48.5 Å². The van der Waals surface area contributed by atoms with Crippen LogP contribution in [-0.2, 0) is 29.4 Å². The zero-order chi connectivity index (χ0) is 21.9. The van der Waals surface area contributed by atoms with E-state index in [1.165, 1.54) is 5.56 Å². The first-order valence-electron chi connectivity index (χ1n) is 11.8. The summed E-state index contributed by atoms with van der Waals surface area (Å²) in [7, 11) is 0. The van der Waals surface area contributed by atoms with E-state index in [0.717, 1.165) is 53.7 Å². The second kappa shape index (κ2) is 7.27. The molecule has 0 amide bonds. The number of aliphatic hydroxyl groups is 1. The zero-order valence-electron chi connectivity index (χ0n) is 18.6. The number of fused-ring (bicyclic) bond motifs is 3. The standard InChI is InChI=1S/C27H30N2O3/c1-2-32-12-11-29-10-9-26-17-24-20(13-19-5-3-4-6-23(19)28-24)16-27(26,31)25(29)14-18-7-8-21(30)15-22(18)26/h3-8,13,15,25,30-31H,2,9-12,14,16-17H2,1H3/t25-,26-,27-/m1/s1. The Bertz CT molecular complexity index is 1190. The normalized spacial score (nSPS) is 28.8. The molecule has 3 aliphatic rings. The summed E-state index contributed by atoms with van der Waals surface area (Å²) in [5, 5.41) is 24.0. The molecular weight excluding hydrogens is 400 g/mol. The molecule has 1 aliphatic heterocycles. The predicted molar refractivity (Wildman–Crippen MR) is 124 cm³/mol. The highest BCUT2D eigenvalue weighted by Gasteiger charge is 2.64. The molecule has 2 bridgehead atoms. The second-order valence-corrected chi connectivity index (χ2v) is 9.69. The summed E-state index contributed by atoms with van der Waals surface area (Å²) in [6.45, 7) is 5.15. The lowest BCUT2D eigenvalue weighted by Crippen LogP contribution is -2.74. The Morgan fingerprint density at radius 3 is 2.88 bits per heavy atom. The highest BCUT2D eigenvalue weighted by Crippen LogP contribution is 2.57. The quantitative estimate of drug-likeness (QED) is 0.622. The fraction of sp³-hybridized carbons (Fsp3) is 0.444. The molecule has 6 rings (SSSR count). The lowest BCUT2D eigenvalue weighted by atomic mass is 9.49. The maximum Gasteiger partial charge on any atom is 0.115 e. The Hall–Kier alpha value is -2.47. The maximum atomic E-state index is 12.6. The Balaban J connectivity index is 1.51. The molecule has 1 saturated heterocycles. The van der Waals surface area contributed by atoms with Crippen molar-refractivity contribution in [3.63, 3.8) is 0 Å². The van der Waals surface area contributed by atoms with Crippen molar-refractivity contribution in [3.8, 4) is 5.75 Å². The average molecular weight is 431 g/mol. The third-order valence-corrected chi connectivity index (χ3v) is 8.22. The molecule has 5 nitrogen and oxygen atoms in total. The molecule has 5 heteroatoms. The number of rotatable bonds is 4. The SMILES string of the molecule is CCOCCN1CC[C@]23Cc4nc5ccccc5cc4C[C@@]2(O)[C@H]1Cc1ccc(O)cc13. The molecule has 2 heterocycles. The number of likely N-dealkylation sites (tertiary alicyclic amines) is 1. The number of hydrogen-bond donors (Lipinski definition) is 2. The van der Waals surface area contributed by atoms with Gasteiger partial charge < -0.3 is 14.9 Å². The van der Waals surface area contributed by atoms with Gasteiger partial charge in [-0.25, -0.2) is 0 Å². The van der Waals surface area contributed by atoms with Crippen molar-refractivity contribution in [2.45, 2.75) is 49.7 Å². The van der Waals surface area contributed by atoms with E-state index in [1.54, 1.807) is 6.07 Å². The monoisotopic (exact) mass is 430 g/mol. The van der Waals surface area contributed by atoms with Crippen LogP contribution in [0.5, 0.6) is 5.75 Å². The predicted octanol–water partition coefficient (Wildman–Crippen LogP) is 3.38. The lowest BCUT2D eigenvalue weighted by molar-refractivity contribution is -0.153. The number of phenols is 1. The topological polar surface area (TPSA) is 65.8 Å². The van der Waals surface area contributed by atoms with Crippen LogP contribution in [0.15, 0.2) is 48.5 Å². The van der Waals surface area contributed by atoms with Gasteiger partial charge in [0.25, 0.3) is 0 Å². The Morgan fingerprint density at radius 1 is 1.12 bits per heavy atom. The van der Waals surface area contributed by atoms with Crippen LogP contribution in [0.4, 0.5) is 0 Å². The number of benzene rings is 2. The van der Waals surface area contributed by atoms with E-state index < -0.39 is 11.0 Å². The fourth-order valence-electron chi connectivity index (χ4n) is 6.69. The van der Waals surface area contributed by atoms with Gasteiger partial charge in [0.1, 0.15) is 5.75 Å². The molecule has 2 aliphatic carbocycles. The molecule has 1 aromatic heterocycles. The molecular formula is C27H30N2O3. The molecule has 0 spiro atoms. The van der Waals surface area contributed by atoms with Crippen LogP contribution in [0.25, 0.3) is 10.9 Å². The van der Waals surface area contributed by atoms with E-state index in [2.05, 4.69) is 23.1 Å². The fourth-order valence-corrected chi connectivity index (χ4v) is 6.69. The van der Waals surface area contributed by atoms with Gasteiger partial charge in [-0.05, 0) is 67.3 Å². The van der Waals surface area contributed by atoms with Crippen LogP contribution in [0.2, 0.25) is 0 Å². The largest absolute Gasteiger partial charge is 0.508 e. The van der Waals surface area contributed by atoms with Crippen molar-refractivity contribution < 1.29 is 14.9 Å². The summed E-state index contributed by atoms with van der Waals surface area (Å²) in [4.78, 5) is 7.48. The summed E-state index contributed by atoms with van der Waals surface area (Å²) in [5.41, 5.74) is 4.26. The van der Waals surface area contributed by atoms with Crippen LogP contribution in [0.3, 0.4) is 0 Å². The van der Waals surface area contributed by atoms with E-state index in [9.17, 15) is 10.2 Å². The number of piperidine rings is 1. The number of hydrogen-bond acceptors (Lipinski definition) is 5. The summed E-state index contributed by atoms with van der Waals surface area (Å²) < 4.78 is 5.66. The smallest absolute Gasteiger partial charge is 0.115 e. The molecule has 166 valence electrons. The molecule has 2 N–H and O–H groups in total. The van der Waals surface area contributed by atoms with Crippen LogP contribution >= 0.6 is 0 Å². The minimum atomic E-state index is -0.907. The van der Waals surface area contributed by atoms with Crippen molar-refractivity contribution in [2.24, 2.45) is 0 Å². The minimum absolute atomic E-state index is 0.0216. The molecule has 0 unspecified atom stereocenters. The van der Waals surface area contributed by atoms with Gasteiger partial charge in [-0.2, -0.15) is 0 Å². The van der Waals surface area contributed by atoms with Gasteiger partial charge in [-0.1, -0.05) is 24.3 Å². The Labute approximate surface area is 188 Å².